The lowest BCUT2D eigenvalue weighted by Crippen LogP contribution is -2.57. The molecule has 1 aliphatic carbocycles. The number of amides is 1. The molecule has 1 N–H and O–H groups in total. The lowest BCUT2D eigenvalue weighted by molar-refractivity contribution is -0.149. The number of hydrogen-bond donors (Lipinski definition) is 1. The predicted molar refractivity (Wildman–Crippen MR) is 65.2 cm³/mol. The fourth-order valence-corrected chi connectivity index (χ4v) is 2.99. The summed E-state index contributed by atoms with van der Waals surface area (Å²) in [6.45, 7) is 6.11. The molecule has 5 heteroatoms. The van der Waals surface area contributed by atoms with Gasteiger partial charge in [-0.1, -0.05) is 0 Å². The number of nitrogens with zero attached hydrogens (tertiary/aromatic N) is 1. The van der Waals surface area contributed by atoms with Crippen LogP contribution in [-0.4, -0.2) is 40.3 Å². The number of fused-ring (bicyclic) bond motifs is 3. The Morgan fingerprint density at radius 1 is 1.28 bits per heavy atom. The summed E-state index contributed by atoms with van der Waals surface area (Å²) in [6.07, 6.45) is 2.12. The molecule has 0 spiro atoms. The van der Waals surface area contributed by atoms with Crippen molar-refractivity contribution >= 4 is 12.1 Å². The third kappa shape index (κ3) is 2.60. The summed E-state index contributed by atoms with van der Waals surface area (Å²) >= 11 is 0. The molecule has 3 rings (SSSR count). The molecule has 0 aromatic rings. The van der Waals surface area contributed by atoms with E-state index in [1.54, 1.807) is 4.90 Å². The van der Waals surface area contributed by atoms with Gasteiger partial charge in [0.05, 0.1) is 5.92 Å². The van der Waals surface area contributed by atoms with Crippen molar-refractivity contribution in [3.8, 4) is 0 Å². The van der Waals surface area contributed by atoms with Crippen LogP contribution >= 0.6 is 0 Å². The molecule has 5 nitrogen and oxygen atoms in total. The number of carboxylic acid groups (broad SMARTS) is 1. The molecular formula is C13H21NO4. The summed E-state index contributed by atoms with van der Waals surface area (Å²) in [4.78, 5) is 24.9. The van der Waals surface area contributed by atoms with E-state index in [2.05, 4.69) is 0 Å². The van der Waals surface area contributed by atoms with Gasteiger partial charge in [-0.25, -0.2) is 4.79 Å². The van der Waals surface area contributed by atoms with Crippen LogP contribution in [0.1, 0.15) is 40.0 Å². The Hall–Kier alpha value is -1.26. The highest BCUT2D eigenvalue weighted by Gasteiger charge is 2.46. The third-order valence-corrected chi connectivity index (χ3v) is 3.72. The molecule has 102 valence electrons. The zero-order valence-electron chi connectivity index (χ0n) is 11.2. The first-order valence-corrected chi connectivity index (χ1v) is 6.50. The maximum Gasteiger partial charge on any atom is 0.410 e. The number of carbonyl (C=O) groups excluding carboxylic acids is 1. The average Bonchev–Trinajstić information content (AvgIpc) is 2.27. The van der Waals surface area contributed by atoms with Crippen molar-refractivity contribution in [1.29, 1.82) is 0 Å². The minimum absolute atomic E-state index is 0.192. The molecule has 0 aromatic carbocycles. The highest BCUT2D eigenvalue weighted by molar-refractivity contribution is 5.74. The summed E-state index contributed by atoms with van der Waals surface area (Å²) < 4.78 is 5.35. The summed E-state index contributed by atoms with van der Waals surface area (Å²) in [5.41, 5.74) is -0.535. The van der Waals surface area contributed by atoms with Gasteiger partial charge in [0, 0.05) is 12.6 Å². The smallest absolute Gasteiger partial charge is 0.410 e. The van der Waals surface area contributed by atoms with Crippen LogP contribution in [0.15, 0.2) is 0 Å². The van der Waals surface area contributed by atoms with Crippen LogP contribution in [0.2, 0.25) is 0 Å². The molecule has 3 aliphatic rings. The van der Waals surface area contributed by atoms with Crippen molar-refractivity contribution in [2.24, 2.45) is 11.8 Å². The van der Waals surface area contributed by atoms with Crippen molar-refractivity contribution in [2.45, 2.75) is 51.7 Å². The van der Waals surface area contributed by atoms with Gasteiger partial charge in [-0.15, -0.1) is 0 Å². The van der Waals surface area contributed by atoms with Crippen LogP contribution in [0.25, 0.3) is 0 Å². The minimum Gasteiger partial charge on any atom is -0.481 e. The monoisotopic (exact) mass is 255 g/mol. The number of hydrogen-bond acceptors (Lipinski definition) is 3. The van der Waals surface area contributed by atoms with Crippen LogP contribution in [-0.2, 0) is 9.53 Å². The number of carbonyl (C=O) groups is 2. The fraction of sp³-hybridized carbons (Fsp3) is 0.846. The predicted octanol–water partition coefficient (Wildman–Crippen LogP) is 2.11. The van der Waals surface area contributed by atoms with Crippen LogP contribution in [0, 0.1) is 11.8 Å². The van der Waals surface area contributed by atoms with Crippen LogP contribution in [0.4, 0.5) is 4.79 Å². The number of ether oxygens (including phenoxy) is 1. The highest BCUT2D eigenvalue weighted by atomic mass is 16.6. The topological polar surface area (TPSA) is 66.8 Å². The van der Waals surface area contributed by atoms with E-state index in [0.29, 0.717) is 18.9 Å². The first kappa shape index (κ1) is 13.2. The maximum absolute atomic E-state index is 12.1. The van der Waals surface area contributed by atoms with Crippen molar-refractivity contribution < 1.29 is 19.4 Å². The molecule has 2 heterocycles. The summed E-state index contributed by atoms with van der Waals surface area (Å²) in [6, 6.07) is -0.192. The SMILES string of the molecule is CC(C)(C)OC(=O)N1C[C@H]2CC[C@H]1[C@H](C(=O)O)C2. The molecule has 3 atom stereocenters. The lowest BCUT2D eigenvalue weighted by Gasteiger charge is -2.48. The zero-order valence-corrected chi connectivity index (χ0v) is 11.2. The second-order valence-corrected chi connectivity index (χ2v) is 6.32. The average molecular weight is 255 g/mol. The van der Waals surface area contributed by atoms with Gasteiger partial charge in [-0.2, -0.15) is 0 Å². The van der Waals surface area contributed by atoms with Gasteiger partial charge < -0.3 is 14.7 Å². The first-order chi connectivity index (χ1) is 8.28. The molecule has 0 unspecified atom stereocenters. The molecule has 3 fully saturated rings. The lowest BCUT2D eigenvalue weighted by atomic mass is 9.73. The Kier molecular flexibility index (Phi) is 3.25. The molecule has 18 heavy (non-hydrogen) atoms. The number of carboxylic acids is 1. The van der Waals surface area contributed by atoms with Gasteiger partial charge in [0.25, 0.3) is 0 Å². The van der Waals surface area contributed by atoms with Gasteiger partial charge in [0.1, 0.15) is 5.60 Å². The Bertz CT molecular complexity index is 360. The largest absolute Gasteiger partial charge is 0.481 e. The minimum atomic E-state index is -0.794. The molecular weight excluding hydrogens is 234 g/mol. The number of piperidine rings is 2. The maximum atomic E-state index is 12.1. The fourth-order valence-electron chi connectivity index (χ4n) is 2.99. The number of aliphatic carboxylic acids is 1. The van der Waals surface area contributed by atoms with Gasteiger partial charge in [0.2, 0.25) is 0 Å². The Morgan fingerprint density at radius 3 is 2.44 bits per heavy atom. The number of rotatable bonds is 1. The van der Waals surface area contributed by atoms with Gasteiger partial charge >= 0.3 is 12.1 Å². The van der Waals surface area contributed by atoms with E-state index in [9.17, 15) is 14.7 Å². The van der Waals surface area contributed by atoms with E-state index >= 15 is 0 Å². The van der Waals surface area contributed by atoms with E-state index in [4.69, 9.17) is 4.74 Å². The molecule has 2 bridgehead atoms. The highest BCUT2D eigenvalue weighted by Crippen LogP contribution is 2.39. The molecule has 1 saturated carbocycles. The van der Waals surface area contributed by atoms with Crippen molar-refractivity contribution in [2.75, 3.05) is 6.54 Å². The van der Waals surface area contributed by atoms with E-state index in [-0.39, 0.29) is 12.1 Å². The Morgan fingerprint density at radius 2 is 1.94 bits per heavy atom. The van der Waals surface area contributed by atoms with E-state index in [1.165, 1.54) is 0 Å². The van der Waals surface area contributed by atoms with Crippen molar-refractivity contribution in [1.82, 2.24) is 4.90 Å². The normalized spacial score (nSPS) is 31.3. The molecule has 2 saturated heterocycles. The van der Waals surface area contributed by atoms with Gasteiger partial charge in [-0.05, 0) is 46.0 Å². The van der Waals surface area contributed by atoms with E-state index in [1.807, 2.05) is 20.8 Å². The second kappa shape index (κ2) is 4.44. The summed E-state index contributed by atoms with van der Waals surface area (Å²) in [7, 11) is 0. The van der Waals surface area contributed by atoms with E-state index in [0.717, 1.165) is 12.8 Å². The molecule has 0 radical (unpaired) electrons. The summed E-state index contributed by atoms with van der Waals surface area (Å²) in [5.74, 6) is -0.911. The second-order valence-electron chi connectivity index (χ2n) is 6.32. The Balaban J connectivity index is 2.10. The standard InChI is InChI=1S/C13H21NO4/c1-13(2,3)18-12(17)14-7-8-4-5-10(14)9(6-8)11(15)16/h8-10H,4-7H2,1-3H3,(H,15,16)/t8-,9+,10-/m0/s1. The van der Waals surface area contributed by atoms with Crippen LogP contribution < -0.4 is 0 Å². The van der Waals surface area contributed by atoms with Crippen molar-refractivity contribution in [3.63, 3.8) is 0 Å². The first-order valence-electron chi connectivity index (χ1n) is 6.50. The van der Waals surface area contributed by atoms with Crippen LogP contribution in [0.3, 0.4) is 0 Å². The van der Waals surface area contributed by atoms with Gasteiger partial charge in [-0.3, -0.25) is 4.79 Å². The third-order valence-electron chi connectivity index (χ3n) is 3.72. The summed E-state index contributed by atoms with van der Waals surface area (Å²) in [5, 5.41) is 9.21. The van der Waals surface area contributed by atoms with Crippen molar-refractivity contribution in [3.05, 3.63) is 0 Å². The zero-order chi connectivity index (χ0) is 13.5. The molecule has 0 aromatic heterocycles. The quantitative estimate of drug-likeness (QED) is 0.779. The van der Waals surface area contributed by atoms with Gasteiger partial charge in [0.15, 0.2) is 0 Å². The molecule has 1 amide bonds. The Labute approximate surface area is 107 Å². The molecule has 2 aliphatic heterocycles. The van der Waals surface area contributed by atoms with E-state index < -0.39 is 17.5 Å². The van der Waals surface area contributed by atoms with Crippen LogP contribution in [0.5, 0.6) is 0 Å².